The van der Waals surface area contributed by atoms with Gasteiger partial charge in [0.15, 0.2) is 0 Å². The number of fused-ring (bicyclic) bond motifs is 1. The van der Waals surface area contributed by atoms with E-state index in [-0.39, 0.29) is 30.7 Å². The van der Waals surface area contributed by atoms with Crippen LogP contribution in [-0.4, -0.2) is 41.7 Å². The molecule has 4 aromatic carbocycles. The number of para-hydroxylation sites is 2. The summed E-state index contributed by atoms with van der Waals surface area (Å²) in [5.74, 6) is -1.81. The summed E-state index contributed by atoms with van der Waals surface area (Å²) in [5.41, 5.74) is 5.57. The van der Waals surface area contributed by atoms with E-state index in [1.807, 2.05) is 0 Å². The van der Waals surface area contributed by atoms with Crippen molar-refractivity contribution < 1.29 is 27.4 Å². The number of hydrogen-bond donors (Lipinski definition) is 3. The minimum absolute atomic E-state index is 0.0820. The van der Waals surface area contributed by atoms with Crippen molar-refractivity contribution in [3.05, 3.63) is 124 Å². The molecular formula is C35H33F3N4O3. The third-order valence-corrected chi connectivity index (χ3v) is 8.07. The minimum atomic E-state index is -0.759. The zero-order valence-electron chi connectivity index (χ0n) is 24.9. The summed E-state index contributed by atoms with van der Waals surface area (Å²) in [4.78, 5) is 21.4. The Morgan fingerprint density at radius 3 is 2.42 bits per heavy atom. The van der Waals surface area contributed by atoms with Crippen LogP contribution in [-0.2, 0) is 9.53 Å². The summed E-state index contributed by atoms with van der Waals surface area (Å²) in [6.07, 6.45) is -0.370. The quantitative estimate of drug-likeness (QED) is 0.169. The largest absolute Gasteiger partial charge is 0.489 e. The van der Waals surface area contributed by atoms with Gasteiger partial charge in [-0.3, -0.25) is 4.79 Å². The highest BCUT2D eigenvalue weighted by Crippen LogP contribution is 2.31. The van der Waals surface area contributed by atoms with Crippen molar-refractivity contribution >= 4 is 22.6 Å². The van der Waals surface area contributed by atoms with Crippen molar-refractivity contribution in [3.8, 4) is 5.75 Å². The fraction of sp³-hybridized carbons (Fsp3) is 0.257. The SMILES string of the molecule is Cc1cc2nc([C@@H]3CO[C@H](COc4ccccc4NC(=O)C[C@@H](c4ccc(F)cc4)c4cc(F)cc(F)c4)CN3)[nH]c2cc1C. The molecular weight excluding hydrogens is 581 g/mol. The third-order valence-electron chi connectivity index (χ3n) is 8.07. The van der Waals surface area contributed by atoms with E-state index in [4.69, 9.17) is 14.5 Å². The highest BCUT2D eigenvalue weighted by Gasteiger charge is 2.26. The van der Waals surface area contributed by atoms with Crippen molar-refractivity contribution in [3.63, 3.8) is 0 Å². The number of rotatable bonds is 9. The van der Waals surface area contributed by atoms with Gasteiger partial charge < -0.3 is 25.1 Å². The van der Waals surface area contributed by atoms with Crippen LogP contribution >= 0.6 is 0 Å². The number of morpholine rings is 1. The number of imidazole rings is 1. The smallest absolute Gasteiger partial charge is 0.225 e. The van der Waals surface area contributed by atoms with Crippen LogP contribution in [0.4, 0.5) is 18.9 Å². The number of ether oxygens (including phenoxy) is 2. The van der Waals surface area contributed by atoms with Crippen molar-refractivity contribution in [1.29, 1.82) is 0 Å². The normalized spacial score (nSPS) is 17.3. The molecule has 3 atom stereocenters. The van der Waals surface area contributed by atoms with Crippen LogP contribution in [0, 0.1) is 31.3 Å². The maximum atomic E-state index is 14.1. The Labute approximate surface area is 258 Å². The van der Waals surface area contributed by atoms with Crippen LogP contribution in [0.2, 0.25) is 0 Å². The van der Waals surface area contributed by atoms with Gasteiger partial charge in [0.2, 0.25) is 5.91 Å². The molecule has 7 nitrogen and oxygen atoms in total. The van der Waals surface area contributed by atoms with E-state index in [0.29, 0.717) is 30.2 Å². The Balaban J connectivity index is 1.08. The Hall–Kier alpha value is -4.67. The molecule has 6 rings (SSSR count). The summed E-state index contributed by atoms with van der Waals surface area (Å²) in [6, 6.07) is 19.8. The van der Waals surface area contributed by atoms with Crippen LogP contribution in [0.1, 0.15) is 46.5 Å². The molecule has 1 saturated heterocycles. The van der Waals surface area contributed by atoms with Gasteiger partial charge in [0, 0.05) is 24.9 Å². The molecule has 5 aromatic rings. The standard InChI is InChI=1S/C35H33F3N4O3/c1-20-11-30-31(12-21(20)2)42-35(41-30)32-19-44-27(17-39-32)18-45-33-6-4-3-5-29(33)40-34(43)16-28(22-7-9-24(36)10-8-22)23-13-25(37)15-26(38)14-23/h3-15,27-28,32,39H,16-19H2,1-2H3,(H,40,43)(H,41,42)/t27-,28-,32-/m0/s1. The molecule has 0 aliphatic carbocycles. The number of amides is 1. The molecule has 1 fully saturated rings. The lowest BCUT2D eigenvalue weighted by Gasteiger charge is -2.29. The number of halogens is 3. The van der Waals surface area contributed by atoms with E-state index in [2.05, 4.69) is 41.6 Å². The molecule has 1 aliphatic rings. The van der Waals surface area contributed by atoms with E-state index in [0.717, 1.165) is 22.9 Å². The van der Waals surface area contributed by atoms with Crippen LogP contribution in [0.15, 0.2) is 78.9 Å². The maximum Gasteiger partial charge on any atom is 0.225 e. The second-order valence-corrected chi connectivity index (χ2v) is 11.4. The lowest BCUT2D eigenvalue weighted by atomic mass is 9.88. The highest BCUT2D eigenvalue weighted by molar-refractivity contribution is 5.93. The van der Waals surface area contributed by atoms with Gasteiger partial charge in [-0.25, -0.2) is 18.2 Å². The number of aromatic amines is 1. The first-order valence-electron chi connectivity index (χ1n) is 14.8. The molecule has 0 radical (unpaired) electrons. The molecule has 0 unspecified atom stereocenters. The van der Waals surface area contributed by atoms with Gasteiger partial charge in [-0.05, 0) is 84.6 Å². The van der Waals surface area contributed by atoms with E-state index >= 15 is 0 Å². The summed E-state index contributed by atoms with van der Waals surface area (Å²) in [5, 5.41) is 6.34. The number of nitrogens with one attached hydrogen (secondary N) is 3. The first kappa shape index (κ1) is 30.4. The number of nitrogens with zero attached hydrogens (tertiary/aromatic N) is 1. The zero-order chi connectivity index (χ0) is 31.5. The first-order chi connectivity index (χ1) is 21.7. The molecule has 0 bridgehead atoms. The van der Waals surface area contributed by atoms with Crippen molar-refractivity contribution in [2.45, 2.75) is 38.3 Å². The van der Waals surface area contributed by atoms with Crippen molar-refractivity contribution in [1.82, 2.24) is 15.3 Å². The van der Waals surface area contributed by atoms with Crippen LogP contribution in [0.3, 0.4) is 0 Å². The van der Waals surface area contributed by atoms with Crippen LogP contribution in [0.5, 0.6) is 5.75 Å². The van der Waals surface area contributed by atoms with Gasteiger partial charge in [-0.1, -0.05) is 24.3 Å². The van der Waals surface area contributed by atoms with Crippen LogP contribution < -0.4 is 15.4 Å². The highest BCUT2D eigenvalue weighted by atomic mass is 19.1. The van der Waals surface area contributed by atoms with E-state index in [1.54, 1.807) is 24.3 Å². The summed E-state index contributed by atoms with van der Waals surface area (Å²) < 4.78 is 53.9. The molecule has 1 aliphatic heterocycles. The molecule has 0 saturated carbocycles. The van der Waals surface area contributed by atoms with E-state index < -0.39 is 29.3 Å². The summed E-state index contributed by atoms with van der Waals surface area (Å²) in [7, 11) is 0. The number of carbonyl (C=O) groups is 1. The van der Waals surface area contributed by atoms with Gasteiger partial charge >= 0.3 is 0 Å². The third kappa shape index (κ3) is 7.19. The molecule has 232 valence electrons. The lowest BCUT2D eigenvalue weighted by molar-refractivity contribution is -0.116. The zero-order valence-corrected chi connectivity index (χ0v) is 24.9. The molecule has 0 spiro atoms. The predicted octanol–water partition coefficient (Wildman–Crippen LogP) is 6.87. The predicted molar refractivity (Wildman–Crippen MR) is 166 cm³/mol. The van der Waals surface area contributed by atoms with Crippen molar-refractivity contribution in [2.75, 3.05) is 25.1 Å². The number of anilines is 1. The second-order valence-electron chi connectivity index (χ2n) is 11.4. The van der Waals surface area contributed by atoms with Gasteiger partial charge in [0.25, 0.3) is 0 Å². The topological polar surface area (TPSA) is 88.3 Å². The Morgan fingerprint density at radius 1 is 0.956 bits per heavy atom. The molecule has 2 heterocycles. The minimum Gasteiger partial charge on any atom is -0.489 e. The lowest BCUT2D eigenvalue weighted by Crippen LogP contribution is -2.44. The Kier molecular flexibility index (Phi) is 8.86. The summed E-state index contributed by atoms with van der Waals surface area (Å²) in [6.45, 7) is 5.34. The Bertz CT molecular complexity index is 1760. The molecule has 10 heteroatoms. The fourth-order valence-corrected chi connectivity index (χ4v) is 5.53. The average molecular weight is 615 g/mol. The van der Waals surface area contributed by atoms with Gasteiger partial charge in [0.05, 0.1) is 29.4 Å². The molecule has 45 heavy (non-hydrogen) atoms. The van der Waals surface area contributed by atoms with Crippen LogP contribution in [0.25, 0.3) is 11.0 Å². The van der Waals surface area contributed by atoms with E-state index in [1.165, 1.54) is 47.5 Å². The fourth-order valence-electron chi connectivity index (χ4n) is 5.53. The van der Waals surface area contributed by atoms with Gasteiger partial charge in [-0.2, -0.15) is 0 Å². The molecule has 3 N–H and O–H groups in total. The van der Waals surface area contributed by atoms with Gasteiger partial charge in [0.1, 0.15) is 41.7 Å². The van der Waals surface area contributed by atoms with Crippen molar-refractivity contribution in [2.24, 2.45) is 0 Å². The summed E-state index contributed by atoms with van der Waals surface area (Å²) >= 11 is 0. The molecule has 1 aromatic heterocycles. The van der Waals surface area contributed by atoms with E-state index in [9.17, 15) is 18.0 Å². The Morgan fingerprint density at radius 2 is 1.69 bits per heavy atom. The maximum absolute atomic E-state index is 14.1. The number of H-pyrrole nitrogens is 1. The number of carbonyl (C=O) groups excluding carboxylic acids is 1. The number of benzene rings is 4. The monoisotopic (exact) mass is 614 g/mol. The number of hydrogen-bond acceptors (Lipinski definition) is 5. The average Bonchev–Trinajstić information content (AvgIpc) is 3.42. The number of aromatic nitrogens is 2. The first-order valence-corrected chi connectivity index (χ1v) is 14.8. The van der Waals surface area contributed by atoms with Gasteiger partial charge in [-0.15, -0.1) is 0 Å². The number of aryl methyl sites for hydroxylation is 2. The second kappa shape index (κ2) is 13.1. The molecule has 1 amide bonds.